The molecule has 0 fully saturated rings. The zero-order chi connectivity index (χ0) is 15.9. The largest absolute Gasteiger partial charge is 0.367 e. The molecular formula is C15H20BrN3O2S. The van der Waals surface area contributed by atoms with Crippen LogP contribution in [0.25, 0.3) is 10.6 Å². The van der Waals surface area contributed by atoms with Crippen molar-refractivity contribution < 1.29 is 9.32 Å². The van der Waals surface area contributed by atoms with E-state index in [1.165, 1.54) is 30.6 Å². The van der Waals surface area contributed by atoms with Crippen molar-refractivity contribution in [2.24, 2.45) is 0 Å². The standard InChI is InChI=1S/C15H20BrN3O2S/c1-2-3-4-5-6-9-18-15(20)12-13(19-21-14(12)17)10-7-8-11(16)22-10/h7-8H,2-6,9,17H2,1H3,(H,18,20). The van der Waals surface area contributed by atoms with Crippen LogP contribution < -0.4 is 11.1 Å². The Bertz CT molecular complexity index is 624. The molecule has 0 radical (unpaired) electrons. The Balaban J connectivity index is 1.96. The molecule has 0 saturated heterocycles. The number of carbonyl (C=O) groups excluding carboxylic acids is 1. The van der Waals surface area contributed by atoms with Crippen LogP contribution in [0.2, 0.25) is 0 Å². The van der Waals surface area contributed by atoms with Crippen LogP contribution in [0.5, 0.6) is 0 Å². The van der Waals surface area contributed by atoms with Gasteiger partial charge in [0.2, 0.25) is 5.88 Å². The van der Waals surface area contributed by atoms with Crippen molar-refractivity contribution >= 4 is 39.1 Å². The minimum Gasteiger partial charge on any atom is -0.367 e. The molecule has 2 heterocycles. The maximum absolute atomic E-state index is 12.3. The molecule has 0 unspecified atom stereocenters. The summed E-state index contributed by atoms with van der Waals surface area (Å²) in [5.74, 6) is -0.170. The van der Waals surface area contributed by atoms with Gasteiger partial charge in [0.25, 0.3) is 5.91 Å². The smallest absolute Gasteiger partial charge is 0.259 e. The fourth-order valence-electron chi connectivity index (χ4n) is 2.15. The number of nitrogens with one attached hydrogen (secondary N) is 1. The van der Waals surface area contributed by atoms with Gasteiger partial charge >= 0.3 is 0 Å². The molecule has 0 aliphatic carbocycles. The topological polar surface area (TPSA) is 81.2 Å². The second-order valence-corrected chi connectivity index (χ2v) is 7.51. The van der Waals surface area contributed by atoms with E-state index in [0.29, 0.717) is 17.8 Å². The van der Waals surface area contributed by atoms with Gasteiger partial charge in [0.1, 0.15) is 11.3 Å². The van der Waals surface area contributed by atoms with E-state index in [-0.39, 0.29) is 11.8 Å². The Morgan fingerprint density at radius 2 is 2.14 bits per heavy atom. The van der Waals surface area contributed by atoms with Gasteiger partial charge in [-0.05, 0) is 34.5 Å². The van der Waals surface area contributed by atoms with Crippen molar-refractivity contribution in [3.63, 3.8) is 0 Å². The van der Waals surface area contributed by atoms with Crippen LogP contribution in [-0.2, 0) is 0 Å². The second-order valence-electron chi connectivity index (χ2n) is 5.04. The number of rotatable bonds is 8. The number of carbonyl (C=O) groups is 1. The number of thiophene rings is 1. The van der Waals surface area contributed by atoms with Crippen molar-refractivity contribution in [2.45, 2.75) is 39.0 Å². The lowest BCUT2D eigenvalue weighted by atomic mass is 10.1. The third kappa shape index (κ3) is 4.33. The molecule has 3 N–H and O–H groups in total. The molecule has 0 aliphatic heterocycles. The van der Waals surface area contributed by atoms with Gasteiger partial charge in [-0.3, -0.25) is 4.79 Å². The molecule has 2 aromatic rings. The summed E-state index contributed by atoms with van der Waals surface area (Å²) in [5, 5.41) is 6.81. The molecule has 120 valence electrons. The minimum atomic E-state index is -0.228. The van der Waals surface area contributed by atoms with Gasteiger partial charge in [0.15, 0.2) is 0 Å². The lowest BCUT2D eigenvalue weighted by Crippen LogP contribution is -2.25. The summed E-state index contributed by atoms with van der Waals surface area (Å²) < 4.78 is 5.96. The molecule has 0 aliphatic rings. The van der Waals surface area contributed by atoms with Gasteiger partial charge < -0.3 is 15.6 Å². The molecule has 2 rings (SSSR count). The monoisotopic (exact) mass is 385 g/mol. The first-order chi connectivity index (χ1) is 10.6. The number of hydrogen-bond acceptors (Lipinski definition) is 5. The highest BCUT2D eigenvalue weighted by Gasteiger charge is 2.23. The molecule has 0 atom stereocenters. The number of hydrogen-bond donors (Lipinski definition) is 2. The van der Waals surface area contributed by atoms with Crippen molar-refractivity contribution in [1.82, 2.24) is 10.5 Å². The molecule has 5 nitrogen and oxygen atoms in total. The third-order valence-electron chi connectivity index (χ3n) is 3.32. The van der Waals surface area contributed by atoms with Crippen LogP contribution >= 0.6 is 27.3 Å². The summed E-state index contributed by atoms with van der Waals surface area (Å²) in [6.07, 6.45) is 5.75. The molecule has 2 aromatic heterocycles. The normalized spacial score (nSPS) is 10.8. The Labute approximate surface area is 142 Å². The lowest BCUT2D eigenvalue weighted by molar-refractivity contribution is 0.0954. The van der Waals surface area contributed by atoms with Crippen LogP contribution in [-0.4, -0.2) is 17.6 Å². The molecule has 1 amide bonds. The highest BCUT2D eigenvalue weighted by atomic mass is 79.9. The second kappa shape index (κ2) is 8.33. The molecule has 0 aromatic carbocycles. The summed E-state index contributed by atoms with van der Waals surface area (Å²) in [6, 6.07) is 3.79. The number of nitrogen functional groups attached to an aromatic ring is 1. The van der Waals surface area contributed by atoms with Gasteiger partial charge in [0, 0.05) is 6.54 Å². The van der Waals surface area contributed by atoms with Crippen molar-refractivity contribution in [2.75, 3.05) is 12.3 Å². The zero-order valence-corrected chi connectivity index (χ0v) is 14.9. The van der Waals surface area contributed by atoms with Crippen LogP contribution in [0.15, 0.2) is 20.4 Å². The van der Waals surface area contributed by atoms with E-state index < -0.39 is 0 Å². The number of anilines is 1. The summed E-state index contributed by atoms with van der Waals surface area (Å²) in [6.45, 7) is 2.82. The summed E-state index contributed by atoms with van der Waals surface area (Å²) >= 11 is 4.88. The third-order valence-corrected chi connectivity index (χ3v) is 4.95. The van der Waals surface area contributed by atoms with Gasteiger partial charge in [0.05, 0.1) is 8.66 Å². The average Bonchev–Trinajstić information content (AvgIpc) is 3.08. The zero-order valence-electron chi connectivity index (χ0n) is 12.5. The SMILES string of the molecule is CCCCCCCNC(=O)c1c(-c2ccc(Br)s2)noc1N. The van der Waals surface area contributed by atoms with Gasteiger partial charge in [-0.1, -0.05) is 37.8 Å². The maximum Gasteiger partial charge on any atom is 0.259 e. The molecule has 0 spiro atoms. The number of aromatic nitrogens is 1. The lowest BCUT2D eigenvalue weighted by Gasteiger charge is -2.05. The fourth-order valence-corrected chi connectivity index (χ4v) is 3.52. The molecular weight excluding hydrogens is 366 g/mol. The minimum absolute atomic E-state index is 0.0583. The van der Waals surface area contributed by atoms with E-state index in [1.807, 2.05) is 12.1 Å². The van der Waals surface area contributed by atoms with Gasteiger partial charge in [-0.15, -0.1) is 11.3 Å². The maximum atomic E-state index is 12.3. The van der Waals surface area contributed by atoms with E-state index >= 15 is 0 Å². The van der Waals surface area contributed by atoms with Crippen LogP contribution in [0.3, 0.4) is 0 Å². The van der Waals surface area contributed by atoms with E-state index in [2.05, 4.69) is 33.3 Å². The first kappa shape index (κ1) is 17.0. The predicted octanol–water partition coefficient (Wildman–Crippen LogP) is 4.45. The predicted molar refractivity (Wildman–Crippen MR) is 93.0 cm³/mol. The molecule has 0 bridgehead atoms. The van der Waals surface area contributed by atoms with E-state index in [9.17, 15) is 4.79 Å². The fraction of sp³-hybridized carbons (Fsp3) is 0.467. The Hall–Kier alpha value is -1.34. The van der Waals surface area contributed by atoms with Crippen molar-refractivity contribution in [3.8, 4) is 10.6 Å². The van der Waals surface area contributed by atoms with E-state index in [4.69, 9.17) is 10.3 Å². The summed E-state index contributed by atoms with van der Waals surface area (Å²) in [5.41, 5.74) is 6.58. The number of nitrogens with zero attached hydrogens (tertiary/aromatic N) is 1. The first-order valence-corrected chi connectivity index (χ1v) is 9.03. The van der Waals surface area contributed by atoms with Crippen LogP contribution in [0, 0.1) is 0 Å². The molecule has 7 heteroatoms. The Morgan fingerprint density at radius 1 is 1.36 bits per heavy atom. The molecule has 22 heavy (non-hydrogen) atoms. The Kier molecular flexibility index (Phi) is 6.45. The van der Waals surface area contributed by atoms with Crippen LogP contribution in [0.1, 0.15) is 49.4 Å². The summed E-state index contributed by atoms with van der Waals surface area (Å²) in [4.78, 5) is 13.2. The van der Waals surface area contributed by atoms with Gasteiger partial charge in [-0.25, -0.2) is 0 Å². The van der Waals surface area contributed by atoms with Crippen LogP contribution in [0.4, 0.5) is 5.88 Å². The number of unbranched alkanes of at least 4 members (excludes halogenated alkanes) is 4. The Morgan fingerprint density at radius 3 is 2.82 bits per heavy atom. The highest BCUT2D eigenvalue weighted by Crippen LogP contribution is 2.34. The van der Waals surface area contributed by atoms with Crippen molar-refractivity contribution in [3.05, 3.63) is 21.5 Å². The first-order valence-electron chi connectivity index (χ1n) is 7.42. The van der Waals surface area contributed by atoms with E-state index in [0.717, 1.165) is 21.5 Å². The number of halogens is 1. The number of nitrogens with two attached hydrogens (primary N) is 1. The quantitative estimate of drug-likeness (QED) is 0.657. The molecule has 0 saturated carbocycles. The number of amides is 1. The van der Waals surface area contributed by atoms with Gasteiger partial charge in [-0.2, -0.15) is 0 Å². The highest BCUT2D eigenvalue weighted by molar-refractivity contribution is 9.11. The van der Waals surface area contributed by atoms with Crippen molar-refractivity contribution in [1.29, 1.82) is 0 Å². The van der Waals surface area contributed by atoms with E-state index in [1.54, 1.807) is 0 Å². The summed E-state index contributed by atoms with van der Waals surface area (Å²) in [7, 11) is 0. The average molecular weight is 386 g/mol.